The number of pyridine rings is 1. The molecule has 11 heteroatoms. The molecule has 39 heavy (non-hydrogen) atoms. The number of aromatic nitrogens is 3. The summed E-state index contributed by atoms with van der Waals surface area (Å²) in [5, 5.41) is 9.29. The molecule has 2 aromatic heterocycles. The van der Waals surface area contributed by atoms with Crippen molar-refractivity contribution in [2.24, 2.45) is 0 Å². The Bertz CT molecular complexity index is 1470. The number of hydrogen-bond donors (Lipinski definition) is 0. The van der Waals surface area contributed by atoms with Gasteiger partial charge in [0.05, 0.1) is 18.7 Å². The molecule has 1 saturated heterocycles. The van der Waals surface area contributed by atoms with Crippen LogP contribution in [0.1, 0.15) is 67.0 Å². The summed E-state index contributed by atoms with van der Waals surface area (Å²) in [7, 11) is 0. The molecule has 6 rings (SSSR count). The van der Waals surface area contributed by atoms with Gasteiger partial charge in [0, 0.05) is 37.3 Å². The van der Waals surface area contributed by atoms with E-state index in [2.05, 4.69) is 22.0 Å². The number of nitrogens with zero attached hydrogens (tertiary/aromatic N) is 5. The Labute approximate surface area is 229 Å². The van der Waals surface area contributed by atoms with Crippen molar-refractivity contribution in [3.8, 4) is 16.3 Å². The summed E-state index contributed by atoms with van der Waals surface area (Å²) in [6.07, 6.45) is 6.57. The summed E-state index contributed by atoms with van der Waals surface area (Å²) in [6.45, 7) is 5.91. The highest BCUT2D eigenvalue weighted by Crippen LogP contribution is 2.38. The molecular formula is C28H31F2N5O3S. The van der Waals surface area contributed by atoms with Crippen LogP contribution in [0, 0.1) is 11.6 Å². The van der Waals surface area contributed by atoms with Crippen LogP contribution in [0.3, 0.4) is 0 Å². The Balaban J connectivity index is 1.39. The van der Waals surface area contributed by atoms with Gasteiger partial charge in [-0.05, 0) is 44.2 Å². The van der Waals surface area contributed by atoms with Crippen LogP contribution in [0.2, 0.25) is 0 Å². The molecule has 1 saturated carbocycles. The highest BCUT2D eigenvalue weighted by Gasteiger charge is 2.47. The molecule has 0 radical (unpaired) electrons. The second kappa shape index (κ2) is 10.4. The Morgan fingerprint density at radius 1 is 1.15 bits per heavy atom. The first-order valence-corrected chi connectivity index (χ1v) is 14.4. The molecule has 1 aromatic carbocycles. The minimum Gasteiger partial charge on any atom is -0.487 e. The summed E-state index contributed by atoms with van der Waals surface area (Å²) in [4.78, 5) is 32.1. The Kier molecular flexibility index (Phi) is 6.96. The van der Waals surface area contributed by atoms with Gasteiger partial charge >= 0.3 is 0 Å². The summed E-state index contributed by atoms with van der Waals surface area (Å²) in [5.41, 5.74) is 0.487. The van der Waals surface area contributed by atoms with Crippen LogP contribution in [-0.2, 0) is 13.0 Å². The van der Waals surface area contributed by atoms with Crippen LogP contribution in [-0.4, -0.2) is 61.9 Å². The van der Waals surface area contributed by atoms with E-state index in [0.29, 0.717) is 46.0 Å². The van der Waals surface area contributed by atoms with Crippen molar-refractivity contribution in [2.45, 2.75) is 77.2 Å². The second-order valence-electron chi connectivity index (χ2n) is 10.6. The zero-order valence-corrected chi connectivity index (χ0v) is 22.8. The SMILES string of the molecule is CCCCOc1c2n(cc(-c3nnc(Cc4ccc(F)cc4F)s3)c1=O)C[C@H]1N(C3CC3)CC[C@H](C)N1C2=O. The fraction of sp³-hybridized carbons (Fsp3) is 0.500. The lowest BCUT2D eigenvalue weighted by molar-refractivity contribution is -0.0363. The number of carbonyl (C=O) groups is 1. The Morgan fingerprint density at radius 3 is 2.72 bits per heavy atom. The van der Waals surface area contributed by atoms with E-state index in [0.717, 1.165) is 44.7 Å². The molecule has 2 aliphatic heterocycles. The molecule has 2 fully saturated rings. The molecule has 3 aliphatic rings. The van der Waals surface area contributed by atoms with Gasteiger partial charge in [-0.15, -0.1) is 10.2 Å². The van der Waals surface area contributed by atoms with E-state index in [1.807, 2.05) is 16.4 Å². The molecule has 206 valence electrons. The van der Waals surface area contributed by atoms with E-state index in [1.54, 1.807) is 6.20 Å². The fourth-order valence-electron chi connectivity index (χ4n) is 5.61. The van der Waals surface area contributed by atoms with E-state index in [-0.39, 0.29) is 30.3 Å². The maximum atomic E-state index is 14.2. The van der Waals surface area contributed by atoms with Gasteiger partial charge in [-0.1, -0.05) is 30.7 Å². The largest absolute Gasteiger partial charge is 0.487 e. The van der Waals surface area contributed by atoms with Crippen molar-refractivity contribution in [3.63, 3.8) is 0 Å². The maximum absolute atomic E-state index is 14.2. The number of rotatable bonds is 8. The summed E-state index contributed by atoms with van der Waals surface area (Å²) >= 11 is 1.18. The highest BCUT2D eigenvalue weighted by molar-refractivity contribution is 7.14. The minimum atomic E-state index is -0.655. The van der Waals surface area contributed by atoms with Gasteiger partial charge in [-0.25, -0.2) is 8.78 Å². The molecule has 0 spiro atoms. The highest BCUT2D eigenvalue weighted by atomic mass is 32.1. The molecule has 0 bridgehead atoms. The van der Waals surface area contributed by atoms with E-state index >= 15 is 0 Å². The van der Waals surface area contributed by atoms with Crippen LogP contribution in [0.15, 0.2) is 29.2 Å². The van der Waals surface area contributed by atoms with E-state index in [1.165, 1.54) is 23.5 Å². The van der Waals surface area contributed by atoms with Crippen molar-refractivity contribution in [3.05, 3.63) is 62.5 Å². The third-order valence-corrected chi connectivity index (χ3v) is 8.79. The Hall–Kier alpha value is -3.18. The molecular weight excluding hydrogens is 524 g/mol. The van der Waals surface area contributed by atoms with Gasteiger partial charge < -0.3 is 14.2 Å². The van der Waals surface area contributed by atoms with Crippen LogP contribution >= 0.6 is 11.3 Å². The number of halogens is 2. The topological polar surface area (TPSA) is 80.6 Å². The third kappa shape index (κ3) is 4.86. The number of unbranched alkanes of at least 4 members (excludes halogenated alkanes) is 1. The molecule has 4 heterocycles. The first-order valence-electron chi connectivity index (χ1n) is 13.6. The van der Waals surface area contributed by atoms with Crippen molar-refractivity contribution in [2.75, 3.05) is 13.2 Å². The van der Waals surface area contributed by atoms with Crippen molar-refractivity contribution in [1.29, 1.82) is 0 Å². The maximum Gasteiger partial charge on any atom is 0.276 e. The lowest BCUT2D eigenvalue weighted by Gasteiger charge is -2.50. The van der Waals surface area contributed by atoms with Crippen molar-refractivity contribution < 1.29 is 18.3 Å². The second-order valence-corrected chi connectivity index (χ2v) is 11.7. The average Bonchev–Trinajstić information content (AvgIpc) is 3.64. The van der Waals surface area contributed by atoms with Crippen LogP contribution < -0.4 is 10.2 Å². The minimum absolute atomic E-state index is 0.0569. The number of hydrogen-bond acceptors (Lipinski definition) is 7. The monoisotopic (exact) mass is 555 g/mol. The van der Waals surface area contributed by atoms with Crippen LogP contribution in [0.5, 0.6) is 5.75 Å². The molecule has 1 amide bonds. The van der Waals surface area contributed by atoms with Gasteiger partial charge in [0.2, 0.25) is 5.43 Å². The van der Waals surface area contributed by atoms with E-state index in [4.69, 9.17) is 4.74 Å². The molecule has 0 N–H and O–H groups in total. The zero-order chi connectivity index (χ0) is 27.3. The number of fused-ring (bicyclic) bond motifs is 2. The standard InChI is InChI=1S/C28H31F2N5O3S/c1-3-4-11-38-26-24-28(37)35-16(2)9-10-34(19-7-8-19)23(35)15-33(24)14-20(25(26)36)27-32-31-22(39-27)12-17-5-6-18(29)13-21(17)30/h5-6,13-14,16,19,23H,3-4,7-12,15H2,1-2H3/t16-,23-/m0/s1. The lowest BCUT2D eigenvalue weighted by Crippen LogP contribution is -2.64. The van der Waals surface area contributed by atoms with E-state index < -0.39 is 17.1 Å². The Morgan fingerprint density at radius 2 is 1.97 bits per heavy atom. The smallest absolute Gasteiger partial charge is 0.276 e. The molecule has 8 nitrogen and oxygen atoms in total. The molecule has 0 unspecified atom stereocenters. The number of amides is 1. The van der Waals surface area contributed by atoms with Gasteiger partial charge in [0.15, 0.2) is 16.5 Å². The van der Waals surface area contributed by atoms with Crippen molar-refractivity contribution in [1.82, 2.24) is 24.6 Å². The third-order valence-electron chi connectivity index (χ3n) is 7.83. The average molecular weight is 556 g/mol. The summed E-state index contributed by atoms with van der Waals surface area (Å²) in [5.74, 6) is -1.42. The molecule has 2 atom stereocenters. The van der Waals surface area contributed by atoms with Crippen LogP contribution in [0.4, 0.5) is 8.78 Å². The van der Waals surface area contributed by atoms with E-state index in [9.17, 15) is 18.4 Å². The number of benzene rings is 1. The van der Waals surface area contributed by atoms with Gasteiger partial charge in [0.1, 0.15) is 22.8 Å². The predicted octanol–water partition coefficient (Wildman–Crippen LogP) is 4.45. The van der Waals surface area contributed by atoms with Crippen LogP contribution in [0.25, 0.3) is 10.6 Å². The normalized spacial score (nSPS) is 21.1. The van der Waals surface area contributed by atoms with Gasteiger partial charge in [-0.2, -0.15) is 0 Å². The fourth-order valence-corrected chi connectivity index (χ4v) is 6.48. The summed E-state index contributed by atoms with van der Waals surface area (Å²) in [6, 6.07) is 3.99. The predicted molar refractivity (Wildman–Crippen MR) is 143 cm³/mol. The quantitative estimate of drug-likeness (QED) is 0.382. The zero-order valence-electron chi connectivity index (χ0n) is 22.0. The van der Waals surface area contributed by atoms with Gasteiger partial charge in [0.25, 0.3) is 5.91 Å². The number of carbonyl (C=O) groups excluding carboxylic acids is 1. The first-order chi connectivity index (χ1) is 18.9. The molecule has 3 aromatic rings. The molecule has 1 aliphatic carbocycles. The summed E-state index contributed by atoms with van der Waals surface area (Å²) < 4.78 is 35.4. The lowest BCUT2D eigenvalue weighted by atomic mass is 10.0. The van der Waals surface area contributed by atoms with Crippen molar-refractivity contribution >= 4 is 17.2 Å². The van der Waals surface area contributed by atoms with Gasteiger partial charge in [-0.3, -0.25) is 14.5 Å². The number of ether oxygens (including phenoxy) is 1. The first kappa shape index (κ1) is 26.1.